The van der Waals surface area contributed by atoms with Crippen molar-refractivity contribution in [2.75, 3.05) is 40.5 Å². The molecule has 0 bridgehead atoms. The van der Waals surface area contributed by atoms with E-state index < -0.39 is 5.82 Å². The van der Waals surface area contributed by atoms with Gasteiger partial charge in [0.25, 0.3) is 0 Å². The molecule has 9 heteroatoms. The second-order valence-corrected chi connectivity index (χ2v) is 8.54. The summed E-state index contributed by atoms with van der Waals surface area (Å²) < 4.78 is 36.5. The molecule has 7 nitrogen and oxygen atoms in total. The van der Waals surface area contributed by atoms with Gasteiger partial charge in [-0.2, -0.15) is 0 Å². The average Bonchev–Trinajstić information content (AvgIpc) is 2.89. The number of rotatable bonds is 7. The molecule has 0 saturated carbocycles. The van der Waals surface area contributed by atoms with Crippen LogP contribution in [0.2, 0.25) is 0 Å². The van der Waals surface area contributed by atoms with Crippen LogP contribution in [0, 0.1) is 5.82 Å². The Morgan fingerprint density at radius 1 is 1.00 bits per heavy atom. The van der Waals surface area contributed by atoms with E-state index in [2.05, 4.69) is 20.9 Å². The largest absolute Gasteiger partial charge is 0.493 e. The van der Waals surface area contributed by atoms with Crippen molar-refractivity contribution in [2.24, 2.45) is 0 Å². The molecule has 0 N–H and O–H groups in total. The van der Waals surface area contributed by atoms with Gasteiger partial charge in [-0.15, -0.1) is 0 Å². The van der Waals surface area contributed by atoms with Crippen molar-refractivity contribution >= 4 is 27.4 Å². The van der Waals surface area contributed by atoms with Gasteiger partial charge in [0.15, 0.2) is 23.1 Å². The highest BCUT2D eigenvalue weighted by molar-refractivity contribution is 9.10. The molecule has 0 unspecified atom stereocenters. The van der Waals surface area contributed by atoms with E-state index in [1.54, 1.807) is 61.7 Å². The number of carbonyl (C=O) groups excluding carboxylic acids is 1. The number of carbonyl (C=O) groups is 1. The van der Waals surface area contributed by atoms with E-state index in [1.165, 1.54) is 12.1 Å². The fourth-order valence-electron chi connectivity index (χ4n) is 3.61. The van der Waals surface area contributed by atoms with Crippen LogP contribution in [0.15, 0.2) is 65.3 Å². The van der Waals surface area contributed by atoms with Gasteiger partial charge in [0, 0.05) is 41.5 Å². The third-order valence-electron chi connectivity index (χ3n) is 5.44. The van der Waals surface area contributed by atoms with Crippen LogP contribution in [0.5, 0.6) is 23.1 Å². The van der Waals surface area contributed by atoms with Crippen LogP contribution >= 0.6 is 15.9 Å². The predicted molar refractivity (Wildman–Crippen MR) is 132 cm³/mol. The first kappa shape index (κ1) is 24.7. The molecule has 4 rings (SSSR count). The summed E-state index contributed by atoms with van der Waals surface area (Å²) in [7, 11) is 3.12. The molecule has 2 aromatic carbocycles. The third kappa shape index (κ3) is 5.98. The number of aromatic nitrogens is 1. The number of morpholine rings is 1. The van der Waals surface area contributed by atoms with Crippen molar-refractivity contribution in [3.63, 3.8) is 0 Å². The molecule has 1 fully saturated rings. The molecular weight excluding hydrogens is 519 g/mol. The molecule has 1 aromatic heterocycles. The fraction of sp³-hybridized carbons (Fsp3) is 0.231. The molecule has 35 heavy (non-hydrogen) atoms. The Morgan fingerprint density at radius 2 is 1.71 bits per heavy atom. The SMILES string of the molecule is COc1ccc(/C(=C\C(=O)N2CCOCC2)c2ccc(Oc3ccc(Br)cc3F)nc2)cc1OC. The highest BCUT2D eigenvalue weighted by Crippen LogP contribution is 2.34. The standard InChI is InChI=1S/C26H24BrFN2O5/c1-32-23-6-3-17(13-24(23)33-2)20(15-26(31)30-9-11-34-12-10-30)18-4-8-25(29-16-18)35-22-7-5-19(27)14-21(22)28/h3-8,13-16H,9-12H2,1-2H3/b20-15+. The molecule has 1 aliphatic heterocycles. The zero-order valence-corrected chi connectivity index (χ0v) is 20.9. The normalized spacial score (nSPS) is 13.9. The lowest BCUT2D eigenvalue weighted by molar-refractivity contribution is -0.129. The van der Waals surface area contributed by atoms with Crippen LogP contribution in [0.25, 0.3) is 5.57 Å². The van der Waals surface area contributed by atoms with E-state index in [-0.39, 0.29) is 17.5 Å². The van der Waals surface area contributed by atoms with Crippen LogP contribution in [0.1, 0.15) is 11.1 Å². The molecule has 0 aliphatic carbocycles. The van der Waals surface area contributed by atoms with Crippen molar-refractivity contribution in [2.45, 2.75) is 0 Å². The minimum Gasteiger partial charge on any atom is -0.493 e. The molecule has 1 amide bonds. The van der Waals surface area contributed by atoms with Gasteiger partial charge in [-0.1, -0.05) is 22.0 Å². The summed E-state index contributed by atoms with van der Waals surface area (Å²) in [5.74, 6) is 0.761. The molecule has 3 aromatic rings. The Hall–Kier alpha value is -3.43. The van der Waals surface area contributed by atoms with Crippen LogP contribution in [0.4, 0.5) is 4.39 Å². The van der Waals surface area contributed by atoms with Crippen LogP contribution in [-0.2, 0) is 9.53 Å². The smallest absolute Gasteiger partial charge is 0.247 e. The van der Waals surface area contributed by atoms with Crippen LogP contribution < -0.4 is 14.2 Å². The minimum absolute atomic E-state index is 0.0617. The first-order valence-corrected chi connectivity index (χ1v) is 11.7. The van der Waals surface area contributed by atoms with Gasteiger partial charge in [0.2, 0.25) is 11.8 Å². The highest BCUT2D eigenvalue weighted by atomic mass is 79.9. The number of methoxy groups -OCH3 is 2. The number of halogens is 2. The highest BCUT2D eigenvalue weighted by Gasteiger charge is 2.18. The van der Waals surface area contributed by atoms with Crippen molar-refractivity contribution < 1.29 is 28.1 Å². The summed E-state index contributed by atoms with van der Waals surface area (Å²) in [5, 5.41) is 0. The first-order chi connectivity index (χ1) is 17.0. The molecular formula is C26H24BrFN2O5. The van der Waals surface area contributed by atoms with Crippen molar-refractivity contribution in [1.82, 2.24) is 9.88 Å². The second-order valence-electron chi connectivity index (χ2n) is 7.63. The van der Waals surface area contributed by atoms with E-state index in [0.29, 0.717) is 53.4 Å². The van der Waals surface area contributed by atoms with Crippen LogP contribution in [-0.4, -0.2) is 56.3 Å². The first-order valence-electron chi connectivity index (χ1n) is 10.9. The molecule has 1 aliphatic rings. The molecule has 1 saturated heterocycles. The number of hydrogen-bond donors (Lipinski definition) is 0. The second kappa shape index (κ2) is 11.3. The molecule has 182 valence electrons. The van der Waals surface area contributed by atoms with Crippen molar-refractivity contribution in [3.8, 4) is 23.1 Å². The lowest BCUT2D eigenvalue weighted by atomic mass is 9.98. The summed E-state index contributed by atoms with van der Waals surface area (Å²) in [6.07, 6.45) is 3.17. The lowest BCUT2D eigenvalue weighted by Gasteiger charge is -2.26. The molecule has 0 spiro atoms. The van der Waals surface area contributed by atoms with E-state index >= 15 is 0 Å². The Kier molecular flexibility index (Phi) is 7.99. The lowest BCUT2D eigenvalue weighted by Crippen LogP contribution is -2.39. The Balaban J connectivity index is 1.67. The third-order valence-corrected chi connectivity index (χ3v) is 5.93. The van der Waals surface area contributed by atoms with E-state index in [4.69, 9.17) is 18.9 Å². The van der Waals surface area contributed by atoms with E-state index in [0.717, 1.165) is 5.56 Å². The number of nitrogens with zero attached hydrogens (tertiary/aromatic N) is 2. The van der Waals surface area contributed by atoms with E-state index in [1.807, 2.05) is 6.07 Å². The van der Waals surface area contributed by atoms with Gasteiger partial charge < -0.3 is 23.8 Å². The van der Waals surface area contributed by atoms with Gasteiger partial charge in [-0.05, 0) is 47.5 Å². The van der Waals surface area contributed by atoms with E-state index in [9.17, 15) is 9.18 Å². The zero-order valence-electron chi connectivity index (χ0n) is 19.3. The quantitative estimate of drug-likeness (QED) is 0.387. The summed E-state index contributed by atoms with van der Waals surface area (Å²) in [6.45, 7) is 2.06. The van der Waals surface area contributed by atoms with Crippen LogP contribution in [0.3, 0.4) is 0 Å². The summed E-state index contributed by atoms with van der Waals surface area (Å²) in [5.41, 5.74) is 2.08. The van der Waals surface area contributed by atoms with Gasteiger partial charge in [0.05, 0.1) is 27.4 Å². The molecule has 2 heterocycles. The number of benzene rings is 2. The van der Waals surface area contributed by atoms with Crippen molar-refractivity contribution in [1.29, 1.82) is 0 Å². The maximum Gasteiger partial charge on any atom is 0.247 e. The van der Waals surface area contributed by atoms with Gasteiger partial charge in [-0.3, -0.25) is 4.79 Å². The van der Waals surface area contributed by atoms with Gasteiger partial charge in [0.1, 0.15) is 0 Å². The Labute approximate surface area is 211 Å². The topological polar surface area (TPSA) is 70.1 Å². The maximum atomic E-state index is 14.2. The van der Waals surface area contributed by atoms with Crippen molar-refractivity contribution in [3.05, 3.63) is 82.2 Å². The van der Waals surface area contributed by atoms with Gasteiger partial charge in [-0.25, -0.2) is 9.37 Å². The number of pyridine rings is 1. The monoisotopic (exact) mass is 542 g/mol. The molecule has 0 radical (unpaired) electrons. The number of amides is 1. The Morgan fingerprint density at radius 3 is 2.37 bits per heavy atom. The van der Waals surface area contributed by atoms with Gasteiger partial charge >= 0.3 is 0 Å². The summed E-state index contributed by atoms with van der Waals surface area (Å²) in [4.78, 5) is 19.1. The summed E-state index contributed by atoms with van der Waals surface area (Å²) in [6, 6.07) is 13.4. The maximum absolute atomic E-state index is 14.2. The fourth-order valence-corrected chi connectivity index (χ4v) is 3.94. The Bertz CT molecular complexity index is 1230. The summed E-state index contributed by atoms with van der Waals surface area (Å²) >= 11 is 3.22. The average molecular weight is 543 g/mol. The number of hydrogen-bond acceptors (Lipinski definition) is 6. The molecule has 0 atom stereocenters. The zero-order chi connectivity index (χ0) is 24.8. The predicted octanol–water partition coefficient (Wildman–Crippen LogP) is 5.08. The number of ether oxygens (including phenoxy) is 4. The minimum atomic E-state index is -0.507.